The summed E-state index contributed by atoms with van der Waals surface area (Å²) in [6, 6.07) is 16.4. The van der Waals surface area contributed by atoms with Crippen LogP contribution in [0.2, 0.25) is 0 Å². The van der Waals surface area contributed by atoms with Crippen molar-refractivity contribution in [1.29, 1.82) is 0 Å². The number of carbonyl (C=O) groups is 1. The van der Waals surface area contributed by atoms with Gasteiger partial charge in [0.2, 0.25) is 0 Å². The molecule has 0 saturated heterocycles. The Kier molecular flexibility index (Phi) is 5.67. The number of rotatable bonds is 7. The monoisotopic (exact) mass is 313 g/mol. The highest BCUT2D eigenvalue weighted by Crippen LogP contribution is 2.16. The first kappa shape index (κ1) is 17.4. The van der Waals surface area contributed by atoms with E-state index in [2.05, 4.69) is 31.3 Å². The predicted octanol–water partition coefficient (Wildman–Crippen LogP) is 4.26. The molecule has 1 atom stereocenters. The second kappa shape index (κ2) is 7.51. The first-order valence-electron chi connectivity index (χ1n) is 7.97. The molecule has 0 amide bonds. The molecule has 0 aliphatic rings. The summed E-state index contributed by atoms with van der Waals surface area (Å²) in [4.78, 5) is 12.4. The Hall–Kier alpha value is -2.00. The van der Waals surface area contributed by atoms with E-state index < -0.39 is 5.82 Å². The molecule has 0 radical (unpaired) electrons. The van der Waals surface area contributed by atoms with Crippen LogP contribution in [0.4, 0.5) is 4.39 Å². The molecule has 2 rings (SSSR count). The van der Waals surface area contributed by atoms with E-state index in [1.54, 1.807) is 18.2 Å². The highest BCUT2D eigenvalue weighted by molar-refractivity contribution is 5.98. The average Bonchev–Trinajstić information content (AvgIpc) is 2.53. The third-order valence-electron chi connectivity index (χ3n) is 3.96. The van der Waals surface area contributed by atoms with Crippen LogP contribution in [-0.2, 0) is 6.42 Å². The summed E-state index contributed by atoms with van der Waals surface area (Å²) in [5.41, 5.74) is 1.28. The average molecular weight is 313 g/mol. The van der Waals surface area contributed by atoms with Crippen molar-refractivity contribution in [2.24, 2.45) is 5.92 Å². The molecule has 2 nitrogen and oxygen atoms in total. The van der Waals surface area contributed by atoms with Crippen LogP contribution in [0.15, 0.2) is 54.6 Å². The Morgan fingerprint density at radius 1 is 1.09 bits per heavy atom. The first-order valence-corrected chi connectivity index (χ1v) is 7.97. The van der Waals surface area contributed by atoms with E-state index in [9.17, 15) is 9.18 Å². The Morgan fingerprint density at radius 2 is 1.70 bits per heavy atom. The van der Waals surface area contributed by atoms with Crippen LogP contribution >= 0.6 is 0 Å². The zero-order valence-electron chi connectivity index (χ0n) is 14.0. The molecular weight excluding hydrogens is 289 g/mol. The van der Waals surface area contributed by atoms with E-state index >= 15 is 0 Å². The quantitative estimate of drug-likeness (QED) is 0.774. The number of ketones is 1. The highest BCUT2D eigenvalue weighted by atomic mass is 19.1. The molecule has 0 spiro atoms. The molecular formula is C20H24FNO. The van der Waals surface area contributed by atoms with Crippen molar-refractivity contribution in [3.8, 4) is 0 Å². The van der Waals surface area contributed by atoms with Gasteiger partial charge in [-0.25, -0.2) is 4.39 Å². The van der Waals surface area contributed by atoms with Crippen molar-refractivity contribution in [2.75, 3.05) is 6.54 Å². The van der Waals surface area contributed by atoms with Crippen LogP contribution in [0.25, 0.3) is 0 Å². The first-order chi connectivity index (χ1) is 10.9. The van der Waals surface area contributed by atoms with E-state index in [0.29, 0.717) is 6.54 Å². The SMILES string of the molecule is CC(CNC(C)(C)Cc1ccccc1)C(=O)c1ccccc1F. The van der Waals surface area contributed by atoms with Gasteiger partial charge in [0.05, 0.1) is 5.56 Å². The van der Waals surface area contributed by atoms with E-state index in [4.69, 9.17) is 0 Å². The topological polar surface area (TPSA) is 29.1 Å². The van der Waals surface area contributed by atoms with Crippen molar-refractivity contribution in [3.05, 3.63) is 71.5 Å². The molecule has 0 aromatic heterocycles. The molecule has 0 bridgehead atoms. The molecule has 0 aliphatic carbocycles. The summed E-state index contributed by atoms with van der Waals surface area (Å²) in [6.45, 7) is 6.58. The summed E-state index contributed by atoms with van der Waals surface area (Å²) < 4.78 is 13.7. The van der Waals surface area contributed by atoms with Gasteiger partial charge in [-0.1, -0.05) is 49.4 Å². The highest BCUT2D eigenvalue weighted by Gasteiger charge is 2.23. The largest absolute Gasteiger partial charge is 0.311 e. The lowest BCUT2D eigenvalue weighted by Crippen LogP contribution is -2.44. The van der Waals surface area contributed by atoms with E-state index in [0.717, 1.165) is 6.42 Å². The minimum atomic E-state index is -0.451. The van der Waals surface area contributed by atoms with E-state index in [1.807, 2.05) is 25.1 Å². The molecule has 2 aromatic rings. The third kappa shape index (κ3) is 5.00. The number of Topliss-reactive ketones (excluding diaryl/α,β-unsaturated/α-hetero) is 1. The maximum Gasteiger partial charge on any atom is 0.169 e. The lowest BCUT2D eigenvalue weighted by Gasteiger charge is -2.28. The molecule has 0 heterocycles. The summed E-state index contributed by atoms with van der Waals surface area (Å²) in [6.07, 6.45) is 0.869. The zero-order chi connectivity index (χ0) is 16.9. The Balaban J connectivity index is 1.94. The van der Waals surface area contributed by atoms with Gasteiger partial charge in [0, 0.05) is 18.0 Å². The Bertz CT molecular complexity index is 652. The number of halogens is 1. The molecule has 1 unspecified atom stereocenters. The van der Waals surface area contributed by atoms with Crippen molar-refractivity contribution in [2.45, 2.75) is 32.7 Å². The fourth-order valence-electron chi connectivity index (χ4n) is 2.62. The second-order valence-electron chi connectivity index (χ2n) is 6.67. The van der Waals surface area contributed by atoms with Gasteiger partial charge < -0.3 is 5.32 Å². The van der Waals surface area contributed by atoms with Gasteiger partial charge >= 0.3 is 0 Å². The van der Waals surface area contributed by atoms with Gasteiger partial charge in [-0.15, -0.1) is 0 Å². The van der Waals surface area contributed by atoms with E-state index in [-0.39, 0.29) is 22.8 Å². The van der Waals surface area contributed by atoms with Crippen molar-refractivity contribution in [3.63, 3.8) is 0 Å². The fraction of sp³-hybridized carbons (Fsp3) is 0.350. The molecule has 1 N–H and O–H groups in total. The van der Waals surface area contributed by atoms with Gasteiger partial charge in [0.15, 0.2) is 5.78 Å². The van der Waals surface area contributed by atoms with Gasteiger partial charge in [0.1, 0.15) is 5.82 Å². The normalized spacial score (nSPS) is 12.9. The maximum atomic E-state index is 13.7. The van der Waals surface area contributed by atoms with Gasteiger partial charge in [-0.2, -0.15) is 0 Å². The van der Waals surface area contributed by atoms with Gasteiger partial charge in [-0.3, -0.25) is 4.79 Å². The summed E-state index contributed by atoms with van der Waals surface area (Å²) >= 11 is 0. The van der Waals surface area contributed by atoms with Gasteiger partial charge in [-0.05, 0) is 38.0 Å². The molecule has 23 heavy (non-hydrogen) atoms. The van der Waals surface area contributed by atoms with Crippen molar-refractivity contribution in [1.82, 2.24) is 5.32 Å². The molecule has 3 heteroatoms. The predicted molar refractivity (Wildman–Crippen MR) is 92.1 cm³/mol. The Labute approximate surface area is 137 Å². The summed E-state index contributed by atoms with van der Waals surface area (Å²) in [5, 5.41) is 3.43. The van der Waals surface area contributed by atoms with Crippen molar-refractivity contribution >= 4 is 5.78 Å². The summed E-state index contributed by atoms with van der Waals surface area (Å²) in [7, 11) is 0. The minimum absolute atomic E-state index is 0.134. The van der Waals surface area contributed by atoms with Crippen LogP contribution in [-0.4, -0.2) is 17.9 Å². The van der Waals surface area contributed by atoms with Crippen LogP contribution in [0, 0.1) is 11.7 Å². The number of nitrogens with one attached hydrogen (secondary N) is 1. The molecule has 122 valence electrons. The van der Waals surface area contributed by atoms with Gasteiger partial charge in [0.25, 0.3) is 0 Å². The fourth-order valence-corrected chi connectivity index (χ4v) is 2.62. The smallest absolute Gasteiger partial charge is 0.169 e. The Morgan fingerprint density at radius 3 is 2.35 bits per heavy atom. The number of hydrogen-bond donors (Lipinski definition) is 1. The third-order valence-corrected chi connectivity index (χ3v) is 3.96. The zero-order valence-corrected chi connectivity index (χ0v) is 14.0. The molecule has 0 aliphatic heterocycles. The summed E-state index contributed by atoms with van der Waals surface area (Å²) in [5.74, 6) is -0.888. The van der Waals surface area contributed by atoms with Crippen LogP contribution in [0.5, 0.6) is 0 Å². The number of carbonyl (C=O) groups excluding carboxylic acids is 1. The van der Waals surface area contributed by atoms with Crippen LogP contribution < -0.4 is 5.32 Å². The molecule has 0 saturated carbocycles. The number of hydrogen-bond acceptors (Lipinski definition) is 2. The lowest BCUT2D eigenvalue weighted by atomic mass is 9.93. The molecule has 2 aromatic carbocycles. The maximum absolute atomic E-state index is 13.7. The standard InChI is InChI=1S/C20H24FNO/c1-15(19(23)17-11-7-8-12-18(17)21)14-22-20(2,3)13-16-9-5-4-6-10-16/h4-12,15,22H,13-14H2,1-3H3. The second-order valence-corrected chi connectivity index (χ2v) is 6.67. The lowest BCUT2D eigenvalue weighted by molar-refractivity contribution is 0.0920. The molecule has 0 fully saturated rings. The van der Waals surface area contributed by atoms with Crippen LogP contribution in [0.1, 0.15) is 36.7 Å². The van der Waals surface area contributed by atoms with Crippen LogP contribution in [0.3, 0.4) is 0 Å². The van der Waals surface area contributed by atoms with Crippen molar-refractivity contribution < 1.29 is 9.18 Å². The number of benzene rings is 2. The van der Waals surface area contributed by atoms with E-state index in [1.165, 1.54) is 11.6 Å². The minimum Gasteiger partial charge on any atom is -0.311 e.